The Hall–Kier alpha value is -0.620. The first kappa shape index (κ1) is 15.4. The third kappa shape index (κ3) is 6.35. The first-order valence-corrected chi connectivity index (χ1v) is 8.44. The average Bonchev–Trinajstić information content (AvgIpc) is 2.32. The zero-order chi connectivity index (χ0) is 13.4. The lowest BCUT2D eigenvalue weighted by atomic mass is 10.2. The summed E-state index contributed by atoms with van der Waals surface area (Å²) in [7, 11) is -2.82. The van der Waals surface area contributed by atoms with Gasteiger partial charge in [-0.1, -0.05) is 19.8 Å². The van der Waals surface area contributed by atoms with Crippen LogP contribution in [0, 0.1) is 0 Å². The highest BCUT2D eigenvalue weighted by atomic mass is 32.2. The molecule has 18 heavy (non-hydrogen) atoms. The maximum Gasteiger partial charge on any atom is 0.305 e. The molecule has 0 amide bonds. The largest absolute Gasteiger partial charge is 0.464 e. The molecule has 0 N–H and O–H groups in total. The van der Waals surface area contributed by atoms with E-state index in [0.717, 1.165) is 19.3 Å². The third-order valence-corrected chi connectivity index (χ3v) is 4.70. The van der Waals surface area contributed by atoms with Gasteiger partial charge in [-0.25, -0.2) is 8.42 Å². The first-order chi connectivity index (χ1) is 8.53. The van der Waals surface area contributed by atoms with Crippen molar-refractivity contribution < 1.29 is 17.9 Å². The van der Waals surface area contributed by atoms with Gasteiger partial charge in [0.05, 0.1) is 11.5 Å². The van der Waals surface area contributed by atoms with Crippen molar-refractivity contribution in [2.75, 3.05) is 37.7 Å². The summed E-state index contributed by atoms with van der Waals surface area (Å²) in [6, 6.07) is 0. The summed E-state index contributed by atoms with van der Waals surface area (Å²) >= 11 is 0. The van der Waals surface area contributed by atoms with Crippen molar-refractivity contribution in [1.82, 2.24) is 4.90 Å². The van der Waals surface area contributed by atoms with E-state index in [1.807, 2.05) is 4.90 Å². The number of carbonyl (C=O) groups excluding carboxylic acids is 1. The molecule has 6 heteroatoms. The van der Waals surface area contributed by atoms with Crippen LogP contribution in [0.3, 0.4) is 0 Å². The molecule has 0 unspecified atom stereocenters. The topological polar surface area (TPSA) is 63.7 Å². The molecule has 1 heterocycles. The molecule has 0 aromatic heterocycles. The molecule has 0 atom stereocenters. The van der Waals surface area contributed by atoms with Crippen LogP contribution in [-0.4, -0.2) is 57.0 Å². The fraction of sp³-hybridized carbons (Fsp3) is 0.917. The molecule has 0 aromatic rings. The van der Waals surface area contributed by atoms with Crippen LogP contribution in [0.1, 0.15) is 32.6 Å². The Morgan fingerprint density at radius 2 is 1.89 bits per heavy atom. The summed E-state index contributed by atoms with van der Waals surface area (Å²) in [5.41, 5.74) is 0. The van der Waals surface area contributed by atoms with Gasteiger partial charge >= 0.3 is 5.97 Å². The summed E-state index contributed by atoms with van der Waals surface area (Å²) in [5.74, 6) is 0.294. The molecule has 0 bridgehead atoms. The molecule has 5 nitrogen and oxygen atoms in total. The standard InChI is InChI=1S/C12H23NO4S/c1-2-3-4-5-12(14)17-9-6-13-7-10-18(15,16)11-8-13/h2-11H2,1H3. The number of hydrogen-bond acceptors (Lipinski definition) is 5. The van der Waals surface area contributed by atoms with Crippen LogP contribution in [-0.2, 0) is 19.4 Å². The Labute approximate surface area is 109 Å². The molecule has 0 aromatic carbocycles. The van der Waals surface area contributed by atoms with Gasteiger partial charge in [-0.3, -0.25) is 9.69 Å². The van der Waals surface area contributed by atoms with E-state index in [0.29, 0.717) is 32.7 Å². The van der Waals surface area contributed by atoms with Crippen molar-refractivity contribution in [2.45, 2.75) is 32.6 Å². The number of sulfone groups is 1. The van der Waals surface area contributed by atoms with Crippen molar-refractivity contribution in [3.63, 3.8) is 0 Å². The van der Waals surface area contributed by atoms with Gasteiger partial charge in [-0.15, -0.1) is 0 Å². The predicted molar refractivity (Wildman–Crippen MR) is 70.2 cm³/mol. The molecule has 1 aliphatic rings. The Morgan fingerprint density at radius 1 is 1.22 bits per heavy atom. The van der Waals surface area contributed by atoms with E-state index in [1.165, 1.54) is 0 Å². The molecule has 106 valence electrons. The maximum absolute atomic E-state index is 11.3. The van der Waals surface area contributed by atoms with E-state index in [1.54, 1.807) is 0 Å². The summed E-state index contributed by atoms with van der Waals surface area (Å²) in [4.78, 5) is 13.4. The minimum absolute atomic E-state index is 0.145. The second-order valence-corrected chi connectivity index (χ2v) is 6.97. The fourth-order valence-electron chi connectivity index (χ4n) is 1.85. The Balaban J connectivity index is 2.06. The minimum atomic E-state index is -2.82. The lowest BCUT2D eigenvalue weighted by Gasteiger charge is -2.26. The van der Waals surface area contributed by atoms with Crippen molar-refractivity contribution >= 4 is 15.8 Å². The number of hydrogen-bond donors (Lipinski definition) is 0. The molecule has 1 aliphatic heterocycles. The maximum atomic E-state index is 11.3. The van der Waals surface area contributed by atoms with Crippen LogP contribution in [0.25, 0.3) is 0 Å². The Kier molecular flexibility index (Phi) is 6.63. The highest BCUT2D eigenvalue weighted by molar-refractivity contribution is 7.91. The molecule has 0 aliphatic carbocycles. The monoisotopic (exact) mass is 277 g/mol. The van der Waals surface area contributed by atoms with E-state index in [-0.39, 0.29) is 17.5 Å². The van der Waals surface area contributed by atoms with Crippen LogP contribution in [0.2, 0.25) is 0 Å². The van der Waals surface area contributed by atoms with E-state index in [4.69, 9.17) is 4.74 Å². The second-order valence-electron chi connectivity index (χ2n) is 4.67. The predicted octanol–water partition coefficient (Wildman–Crippen LogP) is 0.840. The molecule has 0 spiro atoms. The fourth-order valence-corrected chi connectivity index (χ4v) is 3.13. The number of carbonyl (C=O) groups is 1. The van der Waals surface area contributed by atoms with Crippen molar-refractivity contribution in [2.24, 2.45) is 0 Å². The summed E-state index contributed by atoms with van der Waals surface area (Å²) in [6.45, 7) is 4.20. The Morgan fingerprint density at radius 3 is 2.50 bits per heavy atom. The van der Waals surface area contributed by atoms with Crippen LogP contribution in [0.15, 0.2) is 0 Å². The summed E-state index contributed by atoms with van der Waals surface area (Å²) in [6.07, 6.45) is 3.52. The molecular weight excluding hydrogens is 254 g/mol. The smallest absolute Gasteiger partial charge is 0.305 e. The molecule has 0 radical (unpaired) electrons. The molecule has 1 saturated heterocycles. The number of esters is 1. The molecule has 1 fully saturated rings. The molecule has 0 saturated carbocycles. The normalized spacial score (nSPS) is 19.6. The summed E-state index contributed by atoms with van der Waals surface area (Å²) < 4.78 is 27.5. The second kappa shape index (κ2) is 7.74. The van der Waals surface area contributed by atoms with Gasteiger partial charge in [0.25, 0.3) is 0 Å². The third-order valence-electron chi connectivity index (χ3n) is 3.09. The first-order valence-electron chi connectivity index (χ1n) is 6.62. The number of nitrogens with zero attached hydrogens (tertiary/aromatic N) is 1. The number of unbranched alkanes of at least 4 members (excludes halogenated alkanes) is 2. The van der Waals surface area contributed by atoms with Crippen LogP contribution >= 0.6 is 0 Å². The van der Waals surface area contributed by atoms with Crippen molar-refractivity contribution in [3.8, 4) is 0 Å². The van der Waals surface area contributed by atoms with E-state index in [2.05, 4.69) is 6.92 Å². The van der Waals surface area contributed by atoms with Gasteiger partial charge in [-0.2, -0.15) is 0 Å². The zero-order valence-electron chi connectivity index (χ0n) is 11.1. The van der Waals surface area contributed by atoms with Gasteiger partial charge in [0.2, 0.25) is 0 Å². The van der Waals surface area contributed by atoms with Crippen molar-refractivity contribution in [1.29, 1.82) is 0 Å². The highest BCUT2D eigenvalue weighted by Crippen LogP contribution is 2.04. The SMILES string of the molecule is CCCCCC(=O)OCCN1CCS(=O)(=O)CC1. The lowest BCUT2D eigenvalue weighted by Crippen LogP contribution is -2.41. The van der Waals surface area contributed by atoms with Gasteiger partial charge in [-0.05, 0) is 6.42 Å². The number of ether oxygens (including phenoxy) is 1. The van der Waals surface area contributed by atoms with Gasteiger partial charge < -0.3 is 4.74 Å². The van der Waals surface area contributed by atoms with E-state index >= 15 is 0 Å². The molecular formula is C12H23NO4S. The van der Waals surface area contributed by atoms with Gasteiger partial charge in [0.15, 0.2) is 9.84 Å². The zero-order valence-corrected chi connectivity index (χ0v) is 11.9. The van der Waals surface area contributed by atoms with Crippen molar-refractivity contribution in [3.05, 3.63) is 0 Å². The quantitative estimate of drug-likeness (QED) is 0.510. The van der Waals surface area contributed by atoms with Gasteiger partial charge in [0, 0.05) is 26.1 Å². The number of rotatable bonds is 7. The minimum Gasteiger partial charge on any atom is -0.464 e. The lowest BCUT2D eigenvalue weighted by molar-refractivity contribution is -0.144. The van der Waals surface area contributed by atoms with E-state index in [9.17, 15) is 13.2 Å². The summed E-state index contributed by atoms with van der Waals surface area (Å²) in [5, 5.41) is 0. The van der Waals surface area contributed by atoms with E-state index < -0.39 is 9.84 Å². The average molecular weight is 277 g/mol. The highest BCUT2D eigenvalue weighted by Gasteiger charge is 2.21. The molecule has 1 rings (SSSR count). The van der Waals surface area contributed by atoms with Crippen LogP contribution in [0.5, 0.6) is 0 Å². The van der Waals surface area contributed by atoms with Gasteiger partial charge in [0.1, 0.15) is 6.61 Å². The van der Waals surface area contributed by atoms with Crippen LogP contribution < -0.4 is 0 Å². The Bertz CT molecular complexity index is 339. The van der Waals surface area contributed by atoms with Crippen LogP contribution in [0.4, 0.5) is 0 Å².